The topological polar surface area (TPSA) is 26.3 Å². The molecule has 0 aliphatic heterocycles. The Labute approximate surface area is 135 Å². The second-order valence-electron chi connectivity index (χ2n) is 4.71. The molecule has 0 N–H and O–H groups in total. The van der Waals surface area contributed by atoms with Crippen LogP contribution in [0.25, 0.3) is 10.1 Å². The Morgan fingerprint density at radius 2 is 1.95 bits per heavy atom. The highest BCUT2D eigenvalue weighted by Gasteiger charge is 2.14. The summed E-state index contributed by atoms with van der Waals surface area (Å²) in [5.41, 5.74) is 1.79. The average molecular weight is 361 g/mol. The number of thiophene rings is 1. The first-order valence-electron chi connectivity index (χ1n) is 6.51. The van der Waals surface area contributed by atoms with Gasteiger partial charge in [-0.15, -0.1) is 11.3 Å². The predicted octanol–water partition coefficient (Wildman–Crippen LogP) is 5.10. The van der Waals surface area contributed by atoms with Crippen molar-refractivity contribution in [2.75, 3.05) is 7.11 Å². The van der Waals surface area contributed by atoms with Crippen molar-refractivity contribution >= 4 is 43.1 Å². The van der Waals surface area contributed by atoms with Crippen LogP contribution in [0.15, 0.2) is 52.3 Å². The van der Waals surface area contributed by atoms with E-state index >= 15 is 0 Å². The molecule has 0 amide bonds. The largest absolute Gasteiger partial charge is 0.497 e. The van der Waals surface area contributed by atoms with Crippen molar-refractivity contribution in [3.05, 3.63) is 63.4 Å². The summed E-state index contributed by atoms with van der Waals surface area (Å²) in [5.74, 6) is 0.945. The van der Waals surface area contributed by atoms with E-state index in [1.54, 1.807) is 18.4 Å². The molecule has 0 fully saturated rings. The minimum absolute atomic E-state index is 0.143. The zero-order valence-corrected chi connectivity index (χ0v) is 13.8. The van der Waals surface area contributed by atoms with E-state index in [9.17, 15) is 4.79 Å². The lowest BCUT2D eigenvalue weighted by Gasteiger charge is -2.03. The van der Waals surface area contributed by atoms with Crippen LogP contribution in [0.5, 0.6) is 5.75 Å². The minimum atomic E-state index is 0.143. The molecule has 4 heteroatoms. The molecular formula is C17H13BrO2S. The number of fused-ring (bicyclic) bond motifs is 1. The van der Waals surface area contributed by atoms with Gasteiger partial charge >= 0.3 is 0 Å². The zero-order valence-electron chi connectivity index (χ0n) is 11.4. The monoisotopic (exact) mass is 360 g/mol. The maximum absolute atomic E-state index is 12.5. The first-order valence-corrected chi connectivity index (χ1v) is 8.18. The molecule has 0 saturated carbocycles. The van der Waals surface area contributed by atoms with Crippen LogP contribution in [0.2, 0.25) is 0 Å². The molecule has 0 aliphatic carbocycles. The second kappa shape index (κ2) is 6.00. The van der Waals surface area contributed by atoms with Crippen molar-refractivity contribution in [1.82, 2.24) is 0 Å². The summed E-state index contributed by atoms with van der Waals surface area (Å²) in [5, 5.41) is 2.97. The van der Waals surface area contributed by atoms with Gasteiger partial charge in [-0.2, -0.15) is 0 Å². The molecule has 0 unspecified atom stereocenters. The van der Waals surface area contributed by atoms with Gasteiger partial charge in [-0.25, -0.2) is 0 Å². The number of ketones is 1. The molecule has 0 saturated heterocycles. The first kappa shape index (κ1) is 14.3. The van der Waals surface area contributed by atoms with Gasteiger partial charge in [0, 0.05) is 31.9 Å². The number of methoxy groups -OCH3 is 1. The summed E-state index contributed by atoms with van der Waals surface area (Å²) >= 11 is 5.13. The van der Waals surface area contributed by atoms with Gasteiger partial charge in [0.25, 0.3) is 0 Å². The number of hydrogen-bond acceptors (Lipinski definition) is 3. The van der Waals surface area contributed by atoms with Crippen molar-refractivity contribution in [3.8, 4) is 5.75 Å². The predicted molar refractivity (Wildman–Crippen MR) is 90.6 cm³/mol. The lowest BCUT2D eigenvalue weighted by atomic mass is 10.0. The second-order valence-corrected chi connectivity index (χ2v) is 6.45. The fraction of sp³-hybridized carbons (Fsp3) is 0.118. The van der Waals surface area contributed by atoms with Crippen LogP contribution in [0.3, 0.4) is 0 Å². The minimum Gasteiger partial charge on any atom is -0.497 e. The summed E-state index contributed by atoms with van der Waals surface area (Å²) in [4.78, 5) is 12.5. The van der Waals surface area contributed by atoms with Crippen LogP contribution >= 0.6 is 27.3 Å². The van der Waals surface area contributed by atoms with E-state index in [0.29, 0.717) is 6.42 Å². The molecular weight excluding hydrogens is 348 g/mol. The number of carbonyl (C=O) groups is 1. The third kappa shape index (κ3) is 2.87. The van der Waals surface area contributed by atoms with Crippen LogP contribution < -0.4 is 4.74 Å². The molecule has 21 heavy (non-hydrogen) atoms. The highest BCUT2D eigenvalue weighted by molar-refractivity contribution is 9.10. The molecule has 106 valence electrons. The Morgan fingerprint density at radius 3 is 2.67 bits per heavy atom. The number of rotatable bonds is 4. The molecule has 0 aliphatic rings. The van der Waals surface area contributed by atoms with Gasteiger partial charge in [0.2, 0.25) is 0 Å². The summed E-state index contributed by atoms with van der Waals surface area (Å²) in [6.07, 6.45) is 0.405. The third-order valence-electron chi connectivity index (χ3n) is 3.38. The van der Waals surface area contributed by atoms with E-state index in [2.05, 4.69) is 15.9 Å². The summed E-state index contributed by atoms with van der Waals surface area (Å²) < 4.78 is 7.29. The summed E-state index contributed by atoms with van der Waals surface area (Å²) in [7, 11) is 1.63. The molecule has 3 aromatic rings. The number of Topliss-reactive ketones (excluding diaryl/α,β-unsaturated/α-hetero) is 1. The third-order valence-corrected chi connectivity index (χ3v) is 5.33. The number of ether oxygens (including phenoxy) is 1. The van der Waals surface area contributed by atoms with Gasteiger partial charge in [-0.05, 0) is 39.7 Å². The zero-order chi connectivity index (χ0) is 14.8. The maximum Gasteiger partial charge on any atom is 0.168 e. The van der Waals surface area contributed by atoms with Gasteiger partial charge in [0.15, 0.2) is 5.78 Å². The lowest BCUT2D eigenvalue weighted by Crippen LogP contribution is -2.02. The molecule has 1 aromatic heterocycles. The van der Waals surface area contributed by atoms with Crippen LogP contribution in [-0.4, -0.2) is 12.9 Å². The smallest absolute Gasteiger partial charge is 0.168 e. The summed E-state index contributed by atoms with van der Waals surface area (Å²) in [6, 6.07) is 13.6. The standard InChI is InChI=1S/C17H13BrO2S/c1-20-12-7-5-11(6-8-12)9-16(19)14-10-21-17-13(14)3-2-4-15(17)18/h2-8,10H,9H2,1H3. The van der Waals surface area contributed by atoms with E-state index in [-0.39, 0.29) is 5.78 Å². The first-order chi connectivity index (χ1) is 10.2. The Balaban J connectivity index is 1.88. The lowest BCUT2D eigenvalue weighted by molar-refractivity contribution is 0.0995. The number of carbonyl (C=O) groups excluding carboxylic acids is 1. The van der Waals surface area contributed by atoms with E-state index in [1.807, 2.05) is 47.8 Å². The van der Waals surface area contributed by atoms with E-state index in [4.69, 9.17) is 4.74 Å². The van der Waals surface area contributed by atoms with Crippen LogP contribution in [-0.2, 0) is 6.42 Å². The van der Waals surface area contributed by atoms with Crippen molar-refractivity contribution in [3.63, 3.8) is 0 Å². The van der Waals surface area contributed by atoms with Crippen molar-refractivity contribution < 1.29 is 9.53 Å². The highest BCUT2D eigenvalue weighted by Crippen LogP contribution is 2.32. The number of hydrogen-bond donors (Lipinski definition) is 0. The highest BCUT2D eigenvalue weighted by atomic mass is 79.9. The van der Waals surface area contributed by atoms with Gasteiger partial charge in [0.1, 0.15) is 5.75 Å². The molecule has 0 bridgehead atoms. The van der Waals surface area contributed by atoms with Crippen molar-refractivity contribution in [1.29, 1.82) is 0 Å². The SMILES string of the molecule is COc1ccc(CC(=O)c2csc3c(Br)cccc23)cc1. The van der Waals surface area contributed by atoms with E-state index in [0.717, 1.165) is 31.4 Å². The van der Waals surface area contributed by atoms with Gasteiger partial charge < -0.3 is 4.74 Å². The molecule has 0 radical (unpaired) electrons. The normalized spacial score (nSPS) is 10.8. The molecule has 2 nitrogen and oxygen atoms in total. The van der Waals surface area contributed by atoms with Crippen molar-refractivity contribution in [2.45, 2.75) is 6.42 Å². The Bertz CT molecular complexity index is 790. The Morgan fingerprint density at radius 1 is 1.19 bits per heavy atom. The van der Waals surface area contributed by atoms with Crippen molar-refractivity contribution in [2.24, 2.45) is 0 Å². The average Bonchev–Trinajstić information content (AvgIpc) is 2.93. The summed E-state index contributed by atoms with van der Waals surface area (Å²) in [6.45, 7) is 0. The number of halogens is 1. The van der Waals surface area contributed by atoms with E-state index in [1.165, 1.54) is 0 Å². The quantitative estimate of drug-likeness (QED) is 0.605. The molecule has 3 rings (SSSR count). The van der Waals surface area contributed by atoms with Gasteiger partial charge in [-0.1, -0.05) is 24.3 Å². The fourth-order valence-corrected chi connectivity index (χ4v) is 3.89. The maximum atomic E-state index is 12.5. The molecule has 0 atom stereocenters. The molecule has 0 spiro atoms. The van der Waals surface area contributed by atoms with Crippen LogP contribution in [0.4, 0.5) is 0 Å². The van der Waals surface area contributed by atoms with Gasteiger partial charge in [0.05, 0.1) is 7.11 Å². The van der Waals surface area contributed by atoms with Crippen LogP contribution in [0, 0.1) is 0 Å². The molecule has 1 heterocycles. The van der Waals surface area contributed by atoms with E-state index < -0.39 is 0 Å². The Hall–Kier alpha value is -1.65. The van der Waals surface area contributed by atoms with Gasteiger partial charge in [-0.3, -0.25) is 4.79 Å². The fourth-order valence-electron chi connectivity index (χ4n) is 2.26. The Kier molecular flexibility index (Phi) is 4.08. The van der Waals surface area contributed by atoms with Crippen LogP contribution in [0.1, 0.15) is 15.9 Å². The number of benzene rings is 2. The molecule has 2 aromatic carbocycles.